The minimum absolute atomic E-state index is 0.180. The van der Waals surface area contributed by atoms with Crippen LogP contribution in [0.4, 0.5) is 0 Å². The number of para-hydroxylation sites is 1. The van der Waals surface area contributed by atoms with E-state index < -0.39 is 11.9 Å². The van der Waals surface area contributed by atoms with Gasteiger partial charge in [0, 0.05) is 17.5 Å². The number of nitrogens with two attached hydrogens (primary N) is 1. The Morgan fingerprint density at radius 2 is 1.55 bits per heavy atom. The summed E-state index contributed by atoms with van der Waals surface area (Å²) in [6, 6.07) is 24.6. The molecule has 0 fully saturated rings. The van der Waals surface area contributed by atoms with Gasteiger partial charge in [-0.05, 0) is 28.5 Å². The molecule has 144 valence electrons. The zero-order chi connectivity index (χ0) is 20.2. The van der Waals surface area contributed by atoms with Gasteiger partial charge in [0.1, 0.15) is 6.04 Å². The first-order valence-electron chi connectivity index (χ1n) is 9.49. The number of carbonyl (C=O) groups excluding carboxylic acids is 2. The van der Waals surface area contributed by atoms with Crippen LogP contribution in [0.3, 0.4) is 0 Å². The molecule has 3 aromatic carbocycles. The van der Waals surface area contributed by atoms with Gasteiger partial charge in [0.05, 0.1) is 11.9 Å². The monoisotopic (exact) mass is 383 g/mol. The Kier molecular flexibility index (Phi) is 5.20. The first-order valence-corrected chi connectivity index (χ1v) is 9.49. The molecule has 3 N–H and O–H groups in total. The van der Waals surface area contributed by atoms with Crippen LogP contribution >= 0.6 is 0 Å². The van der Waals surface area contributed by atoms with Crippen molar-refractivity contribution in [3.8, 4) is 0 Å². The molecule has 5 nitrogen and oxygen atoms in total. The predicted octanol–water partition coefficient (Wildman–Crippen LogP) is 3.14. The quantitative estimate of drug-likeness (QED) is 0.536. The Morgan fingerprint density at radius 3 is 2.34 bits per heavy atom. The Labute approximate surface area is 168 Å². The summed E-state index contributed by atoms with van der Waals surface area (Å²) in [5, 5.41) is 5.97. The van der Waals surface area contributed by atoms with Crippen LogP contribution in [-0.2, 0) is 22.4 Å². The van der Waals surface area contributed by atoms with E-state index in [0.717, 1.165) is 27.2 Å². The SMILES string of the molecule is NC(=O)[C@@H](Cc1ccc2ccccc2n1)NC(=O)Cc1ccc2ccccc2c1. The highest BCUT2D eigenvalue weighted by Crippen LogP contribution is 2.16. The highest BCUT2D eigenvalue weighted by atomic mass is 16.2. The number of benzene rings is 3. The van der Waals surface area contributed by atoms with Gasteiger partial charge in [-0.2, -0.15) is 0 Å². The fraction of sp³-hybridized carbons (Fsp3) is 0.125. The minimum Gasteiger partial charge on any atom is -0.368 e. The van der Waals surface area contributed by atoms with Gasteiger partial charge < -0.3 is 11.1 Å². The third-order valence-electron chi connectivity index (χ3n) is 4.93. The van der Waals surface area contributed by atoms with Gasteiger partial charge in [0.25, 0.3) is 0 Å². The number of carbonyl (C=O) groups is 2. The maximum atomic E-state index is 12.5. The number of fused-ring (bicyclic) bond motifs is 2. The number of nitrogens with zero attached hydrogens (tertiary/aromatic N) is 1. The van der Waals surface area contributed by atoms with Crippen LogP contribution in [0.1, 0.15) is 11.3 Å². The fourth-order valence-corrected chi connectivity index (χ4v) is 3.43. The molecule has 4 aromatic rings. The van der Waals surface area contributed by atoms with Gasteiger partial charge in [-0.3, -0.25) is 14.6 Å². The number of hydrogen-bond donors (Lipinski definition) is 2. The molecule has 4 rings (SSSR count). The molecule has 2 amide bonds. The first-order chi connectivity index (χ1) is 14.1. The summed E-state index contributed by atoms with van der Waals surface area (Å²) in [5.41, 5.74) is 7.96. The molecule has 1 aromatic heterocycles. The standard InChI is InChI=1S/C24H21N3O2/c25-24(29)22(15-20-12-11-18-6-3-4-8-21(18)26-20)27-23(28)14-16-9-10-17-5-1-2-7-19(17)13-16/h1-13,22H,14-15H2,(H2,25,29)(H,27,28)/t22-/m1/s1. The van der Waals surface area contributed by atoms with E-state index in [2.05, 4.69) is 10.3 Å². The average molecular weight is 383 g/mol. The lowest BCUT2D eigenvalue weighted by Crippen LogP contribution is -2.46. The van der Waals surface area contributed by atoms with Crippen molar-refractivity contribution in [3.63, 3.8) is 0 Å². The summed E-state index contributed by atoms with van der Waals surface area (Å²) in [7, 11) is 0. The molecule has 0 aliphatic heterocycles. The zero-order valence-corrected chi connectivity index (χ0v) is 15.8. The summed E-state index contributed by atoms with van der Waals surface area (Å²) < 4.78 is 0. The Bertz CT molecular complexity index is 1200. The van der Waals surface area contributed by atoms with Gasteiger partial charge in [-0.15, -0.1) is 0 Å². The molecule has 0 spiro atoms. The highest BCUT2D eigenvalue weighted by molar-refractivity contribution is 5.89. The molecule has 0 saturated heterocycles. The number of nitrogens with one attached hydrogen (secondary N) is 1. The Hall–Kier alpha value is -3.73. The molecular formula is C24H21N3O2. The second kappa shape index (κ2) is 8.10. The molecule has 1 atom stereocenters. The van der Waals surface area contributed by atoms with Gasteiger partial charge in [-0.1, -0.05) is 66.7 Å². The van der Waals surface area contributed by atoms with Crippen molar-refractivity contribution >= 4 is 33.5 Å². The summed E-state index contributed by atoms with van der Waals surface area (Å²) in [6.45, 7) is 0. The van der Waals surface area contributed by atoms with Crippen LogP contribution < -0.4 is 11.1 Å². The second-order valence-electron chi connectivity index (χ2n) is 7.08. The summed E-state index contributed by atoms with van der Waals surface area (Å²) in [5.74, 6) is -0.823. The van der Waals surface area contributed by atoms with E-state index >= 15 is 0 Å². The summed E-state index contributed by atoms with van der Waals surface area (Å²) in [4.78, 5) is 29.0. The molecule has 0 radical (unpaired) electrons. The lowest BCUT2D eigenvalue weighted by atomic mass is 10.0. The van der Waals surface area contributed by atoms with Crippen molar-refractivity contribution in [2.24, 2.45) is 5.73 Å². The lowest BCUT2D eigenvalue weighted by Gasteiger charge is -2.15. The van der Waals surface area contributed by atoms with Crippen LogP contribution in [-0.4, -0.2) is 22.8 Å². The molecule has 0 saturated carbocycles. The van der Waals surface area contributed by atoms with Gasteiger partial charge >= 0.3 is 0 Å². The number of rotatable bonds is 6. The largest absolute Gasteiger partial charge is 0.368 e. The maximum absolute atomic E-state index is 12.5. The molecular weight excluding hydrogens is 362 g/mol. The number of primary amides is 1. The molecule has 5 heteroatoms. The van der Waals surface area contributed by atoms with Crippen molar-refractivity contribution in [1.82, 2.24) is 10.3 Å². The third-order valence-corrected chi connectivity index (χ3v) is 4.93. The number of hydrogen-bond acceptors (Lipinski definition) is 3. The van der Waals surface area contributed by atoms with Crippen molar-refractivity contribution in [1.29, 1.82) is 0 Å². The van der Waals surface area contributed by atoms with Crippen LogP contribution in [0.2, 0.25) is 0 Å². The summed E-state index contributed by atoms with van der Waals surface area (Å²) >= 11 is 0. The summed E-state index contributed by atoms with van der Waals surface area (Å²) in [6.07, 6.45) is 0.434. The normalized spacial score (nSPS) is 12.0. The topological polar surface area (TPSA) is 85.1 Å². The van der Waals surface area contributed by atoms with Crippen LogP contribution in [0.25, 0.3) is 21.7 Å². The lowest BCUT2D eigenvalue weighted by molar-refractivity contribution is -0.127. The van der Waals surface area contributed by atoms with E-state index in [0.29, 0.717) is 5.69 Å². The molecule has 1 heterocycles. The van der Waals surface area contributed by atoms with E-state index in [1.807, 2.05) is 78.9 Å². The average Bonchev–Trinajstić information content (AvgIpc) is 2.73. The first kappa shape index (κ1) is 18.6. The van der Waals surface area contributed by atoms with Crippen molar-refractivity contribution < 1.29 is 9.59 Å². The number of amides is 2. The van der Waals surface area contributed by atoms with E-state index in [4.69, 9.17) is 5.73 Å². The molecule has 0 aliphatic carbocycles. The Balaban J connectivity index is 1.46. The van der Waals surface area contributed by atoms with Crippen LogP contribution in [0, 0.1) is 0 Å². The zero-order valence-electron chi connectivity index (χ0n) is 15.8. The van der Waals surface area contributed by atoms with E-state index in [9.17, 15) is 9.59 Å². The van der Waals surface area contributed by atoms with Crippen molar-refractivity contribution in [2.75, 3.05) is 0 Å². The maximum Gasteiger partial charge on any atom is 0.240 e. The van der Waals surface area contributed by atoms with Gasteiger partial charge in [-0.25, -0.2) is 0 Å². The van der Waals surface area contributed by atoms with Crippen molar-refractivity contribution in [2.45, 2.75) is 18.9 Å². The van der Waals surface area contributed by atoms with Crippen molar-refractivity contribution in [3.05, 3.63) is 90.1 Å². The minimum atomic E-state index is -0.809. The van der Waals surface area contributed by atoms with Gasteiger partial charge in [0.15, 0.2) is 0 Å². The number of pyridine rings is 1. The van der Waals surface area contributed by atoms with E-state index in [1.54, 1.807) is 0 Å². The molecule has 0 aliphatic rings. The fourth-order valence-electron chi connectivity index (χ4n) is 3.43. The van der Waals surface area contributed by atoms with Gasteiger partial charge in [0.2, 0.25) is 11.8 Å². The van der Waals surface area contributed by atoms with Crippen LogP contribution in [0.5, 0.6) is 0 Å². The van der Waals surface area contributed by atoms with E-state index in [1.165, 1.54) is 0 Å². The van der Waals surface area contributed by atoms with Crippen LogP contribution in [0.15, 0.2) is 78.9 Å². The second-order valence-corrected chi connectivity index (χ2v) is 7.08. The smallest absolute Gasteiger partial charge is 0.240 e. The molecule has 29 heavy (non-hydrogen) atoms. The van der Waals surface area contributed by atoms with E-state index in [-0.39, 0.29) is 18.7 Å². The molecule has 0 bridgehead atoms. The predicted molar refractivity (Wildman–Crippen MR) is 114 cm³/mol. The third kappa shape index (κ3) is 4.41. The number of aromatic nitrogens is 1. The highest BCUT2D eigenvalue weighted by Gasteiger charge is 2.19. The Morgan fingerprint density at radius 1 is 0.862 bits per heavy atom. The molecule has 0 unspecified atom stereocenters.